The molecule has 2 atom stereocenters. The van der Waals surface area contributed by atoms with Crippen molar-refractivity contribution in [3.05, 3.63) is 23.2 Å². The average Bonchev–Trinajstić information content (AvgIpc) is 2.64. The minimum atomic E-state index is -3.63. The summed E-state index contributed by atoms with van der Waals surface area (Å²) in [7, 11) is -3.63. The van der Waals surface area contributed by atoms with Gasteiger partial charge >= 0.3 is 0 Å². The maximum absolute atomic E-state index is 13.0. The van der Waals surface area contributed by atoms with Crippen LogP contribution in [0.2, 0.25) is 5.02 Å². The van der Waals surface area contributed by atoms with Crippen molar-refractivity contribution in [3.8, 4) is 0 Å². The lowest BCUT2D eigenvalue weighted by atomic mass is 9.79. The summed E-state index contributed by atoms with van der Waals surface area (Å²) < 4.78 is 34.8. The van der Waals surface area contributed by atoms with Crippen LogP contribution in [0.3, 0.4) is 0 Å². The smallest absolute Gasteiger partial charge is 0.242 e. The highest BCUT2D eigenvalue weighted by Crippen LogP contribution is 2.35. The van der Waals surface area contributed by atoms with E-state index in [9.17, 15) is 8.42 Å². The Hall–Kier alpha value is -0.470. The van der Waals surface area contributed by atoms with Gasteiger partial charge in [0.05, 0.1) is 16.8 Å². The fourth-order valence-corrected chi connectivity index (χ4v) is 6.91. The Bertz CT molecular complexity index is 765. The standard InChI is InChI=1S/C20H31ClN2O3S2/c1-20(2)10-5-12-26-18(20)9-11-22-19-16(21)7-3-8-17(19)28(24,25)23-15-6-4-13-27-14-15/h3,7-8,15,18,22-23H,4-6,9-14H2,1-2H3. The number of halogens is 1. The minimum Gasteiger partial charge on any atom is -0.383 e. The van der Waals surface area contributed by atoms with Crippen molar-refractivity contribution < 1.29 is 13.2 Å². The number of sulfonamides is 1. The van der Waals surface area contributed by atoms with Crippen LogP contribution < -0.4 is 10.0 Å². The van der Waals surface area contributed by atoms with Crippen LogP contribution in [-0.4, -0.2) is 45.2 Å². The Morgan fingerprint density at radius 1 is 1.32 bits per heavy atom. The number of hydrogen-bond donors (Lipinski definition) is 2. The quantitative estimate of drug-likeness (QED) is 0.644. The molecular weight excluding hydrogens is 416 g/mol. The molecule has 2 aliphatic rings. The van der Waals surface area contributed by atoms with Crippen LogP contribution in [-0.2, 0) is 14.8 Å². The van der Waals surface area contributed by atoms with Crippen molar-refractivity contribution in [3.63, 3.8) is 0 Å². The molecule has 8 heteroatoms. The van der Waals surface area contributed by atoms with Crippen LogP contribution in [0.1, 0.15) is 46.0 Å². The molecule has 2 aliphatic heterocycles. The van der Waals surface area contributed by atoms with Crippen molar-refractivity contribution in [2.45, 2.75) is 63.0 Å². The molecule has 28 heavy (non-hydrogen) atoms. The molecule has 158 valence electrons. The molecule has 2 N–H and O–H groups in total. The van der Waals surface area contributed by atoms with Gasteiger partial charge in [0.25, 0.3) is 0 Å². The van der Waals surface area contributed by atoms with Crippen LogP contribution in [0, 0.1) is 5.41 Å². The van der Waals surface area contributed by atoms with E-state index in [0.717, 1.165) is 50.2 Å². The zero-order valence-corrected chi connectivity index (χ0v) is 19.1. The second kappa shape index (κ2) is 9.56. The molecule has 0 radical (unpaired) electrons. The molecule has 2 saturated heterocycles. The summed E-state index contributed by atoms with van der Waals surface area (Å²) in [6.07, 6.45) is 5.12. The second-order valence-electron chi connectivity index (χ2n) is 8.32. The van der Waals surface area contributed by atoms with Gasteiger partial charge in [-0.3, -0.25) is 0 Å². The van der Waals surface area contributed by atoms with Crippen LogP contribution in [0.5, 0.6) is 0 Å². The van der Waals surface area contributed by atoms with E-state index in [0.29, 0.717) is 17.3 Å². The van der Waals surface area contributed by atoms with Crippen molar-refractivity contribution in [2.75, 3.05) is 30.0 Å². The van der Waals surface area contributed by atoms with Crippen molar-refractivity contribution in [2.24, 2.45) is 5.41 Å². The lowest BCUT2D eigenvalue weighted by Crippen LogP contribution is -2.39. The molecule has 2 heterocycles. The molecule has 1 aromatic carbocycles. The number of ether oxygens (including phenoxy) is 1. The van der Waals surface area contributed by atoms with Crippen LogP contribution in [0.4, 0.5) is 5.69 Å². The van der Waals surface area contributed by atoms with Crippen LogP contribution in [0.15, 0.2) is 23.1 Å². The van der Waals surface area contributed by atoms with E-state index in [-0.39, 0.29) is 22.5 Å². The Morgan fingerprint density at radius 2 is 2.14 bits per heavy atom. The molecule has 0 amide bonds. The summed E-state index contributed by atoms with van der Waals surface area (Å²) in [4.78, 5) is 0.222. The van der Waals surface area contributed by atoms with Gasteiger partial charge in [-0.15, -0.1) is 0 Å². The Kier molecular flexibility index (Phi) is 7.59. The Morgan fingerprint density at radius 3 is 2.86 bits per heavy atom. The first-order valence-electron chi connectivity index (χ1n) is 10.0. The average molecular weight is 447 g/mol. The Balaban J connectivity index is 1.69. The molecule has 0 aromatic heterocycles. The fraction of sp³-hybridized carbons (Fsp3) is 0.700. The fourth-order valence-electron chi connectivity index (χ4n) is 3.96. The zero-order valence-electron chi connectivity index (χ0n) is 16.7. The van der Waals surface area contributed by atoms with Crippen molar-refractivity contribution in [1.29, 1.82) is 0 Å². The molecule has 0 bridgehead atoms. The predicted octanol–water partition coefficient (Wildman–Crippen LogP) is 4.52. The largest absolute Gasteiger partial charge is 0.383 e. The topological polar surface area (TPSA) is 67.4 Å². The summed E-state index contributed by atoms with van der Waals surface area (Å²) in [5.74, 6) is 1.92. The summed E-state index contributed by atoms with van der Waals surface area (Å²) in [6.45, 7) is 5.87. The lowest BCUT2D eigenvalue weighted by Gasteiger charge is -2.38. The molecule has 3 rings (SSSR count). The molecule has 0 aliphatic carbocycles. The number of hydrogen-bond acceptors (Lipinski definition) is 5. The van der Waals surface area contributed by atoms with E-state index in [2.05, 4.69) is 23.9 Å². The lowest BCUT2D eigenvalue weighted by molar-refractivity contribution is -0.0692. The number of para-hydroxylation sites is 1. The minimum absolute atomic E-state index is 0.0213. The van der Waals surface area contributed by atoms with Gasteiger partial charge in [-0.2, -0.15) is 11.8 Å². The summed E-state index contributed by atoms with van der Waals surface area (Å²) in [5.41, 5.74) is 0.615. The van der Waals surface area contributed by atoms with Gasteiger partial charge in [-0.1, -0.05) is 31.5 Å². The SMILES string of the molecule is CC1(C)CCCOC1CCNc1c(Cl)cccc1S(=O)(=O)NC1CCCSC1. The number of benzene rings is 1. The zero-order chi connectivity index (χ0) is 20.2. The van der Waals surface area contributed by atoms with Crippen LogP contribution >= 0.6 is 23.4 Å². The maximum atomic E-state index is 13.0. The number of rotatable bonds is 7. The Labute approximate surface area is 178 Å². The third-order valence-electron chi connectivity index (χ3n) is 5.61. The van der Waals surface area contributed by atoms with Gasteiger partial charge in [0.1, 0.15) is 4.90 Å². The van der Waals surface area contributed by atoms with E-state index in [4.69, 9.17) is 16.3 Å². The van der Waals surface area contributed by atoms with Gasteiger partial charge in [-0.05, 0) is 55.4 Å². The highest BCUT2D eigenvalue weighted by Gasteiger charge is 2.33. The van der Waals surface area contributed by atoms with Crippen molar-refractivity contribution in [1.82, 2.24) is 4.72 Å². The number of anilines is 1. The first-order valence-corrected chi connectivity index (χ1v) is 13.1. The third-order valence-corrected chi connectivity index (χ3v) is 8.70. The molecule has 1 aromatic rings. The molecule has 0 spiro atoms. The van der Waals surface area contributed by atoms with E-state index in [1.54, 1.807) is 30.0 Å². The first kappa shape index (κ1) is 22.2. The van der Waals surface area contributed by atoms with E-state index in [1.165, 1.54) is 0 Å². The van der Waals surface area contributed by atoms with Gasteiger partial charge < -0.3 is 10.1 Å². The number of nitrogens with one attached hydrogen (secondary N) is 2. The highest BCUT2D eigenvalue weighted by atomic mass is 35.5. The van der Waals surface area contributed by atoms with Gasteiger partial charge in [0, 0.05) is 24.9 Å². The highest BCUT2D eigenvalue weighted by molar-refractivity contribution is 7.99. The first-order chi connectivity index (χ1) is 13.3. The molecule has 0 saturated carbocycles. The summed E-state index contributed by atoms with van der Waals surface area (Å²) in [6, 6.07) is 5.01. The molecule has 2 unspecified atom stereocenters. The van der Waals surface area contributed by atoms with Gasteiger partial charge in [-0.25, -0.2) is 13.1 Å². The summed E-state index contributed by atoms with van der Waals surface area (Å²) in [5, 5.41) is 3.69. The van der Waals surface area contributed by atoms with Crippen molar-refractivity contribution >= 4 is 39.1 Å². The predicted molar refractivity (Wildman–Crippen MR) is 118 cm³/mol. The molecular formula is C20H31ClN2O3S2. The molecule has 5 nitrogen and oxygen atoms in total. The normalized spacial score (nSPS) is 25.4. The van der Waals surface area contributed by atoms with Crippen LogP contribution in [0.25, 0.3) is 0 Å². The van der Waals surface area contributed by atoms with Gasteiger partial charge in [0.2, 0.25) is 10.0 Å². The van der Waals surface area contributed by atoms with E-state index >= 15 is 0 Å². The number of thioether (sulfide) groups is 1. The second-order valence-corrected chi connectivity index (χ2v) is 11.6. The molecule has 2 fully saturated rings. The van der Waals surface area contributed by atoms with E-state index < -0.39 is 10.0 Å². The van der Waals surface area contributed by atoms with Gasteiger partial charge in [0.15, 0.2) is 0 Å². The summed E-state index contributed by atoms with van der Waals surface area (Å²) >= 11 is 8.16. The maximum Gasteiger partial charge on any atom is 0.242 e. The third kappa shape index (κ3) is 5.57. The monoisotopic (exact) mass is 446 g/mol. The van der Waals surface area contributed by atoms with E-state index in [1.807, 2.05) is 0 Å².